The van der Waals surface area contributed by atoms with Gasteiger partial charge < -0.3 is 9.73 Å². The number of thioether (sulfide) groups is 1. The molecule has 0 aliphatic carbocycles. The summed E-state index contributed by atoms with van der Waals surface area (Å²) >= 11 is 7.47. The van der Waals surface area contributed by atoms with Gasteiger partial charge in [-0.25, -0.2) is 0 Å². The average Bonchev–Trinajstić information content (AvgIpc) is 3.12. The first-order valence-corrected chi connectivity index (χ1v) is 9.29. The van der Waals surface area contributed by atoms with Gasteiger partial charge in [0.05, 0.1) is 27.5 Å². The lowest BCUT2D eigenvalue weighted by Crippen LogP contribution is -2.14. The van der Waals surface area contributed by atoms with Gasteiger partial charge in [0.2, 0.25) is 5.91 Å². The molecule has 0 radical (unpaired) electrons. The maximum Gasteiger partial charge on any atom is 0.234 e. The van der Waals surface area contributed by atoms with Crippen LogP contribution in [-0.4, -0.2) is 26.3 Å². The van der Waals surface area contributed by atoms with E-state index < -0.39 is 0 Å². The second kappa shape index (κ2) is 6.66. The van der Waals surface area contributed by atoms with E-state index in [-0.39, 0.29) is 11.7 Å². The van der Waals surface area contributed by atoms with Crippen molar-refractivity contribution in [1.29, 1.82) is 0 Å². The van der Waals surface area contributed by atoms with Crippen LogP contribution in [0.4, 0.5) is 5.69 Å². The third-order valence-electron chi connectivity index (χ3n) is 3.92. The van der Waals surface area contributed by atoms with E-state index in [0.717, 1.165) is 27.9 Å². The third kappa shape index (κ3) is 3.15. The number of nitrogens with one attached hydrogen (secondary N) is 1. The smallest absolute Gasteiger partial charge is 0.234 e. The zero-order valence-electron chi connectivity index (χ0n) is 14.1. The average molecular weight is 387 g/mol. The molecule has 4 aromatic rings. The van der Waals surface area contributed by atoms with E-state index in [9.17, 15) is 4.79 Å². The first-order chi connectivity index (χ1) is 12.5. The van der Waals surface area contributed by atoms with Crippen LogP contribution >= 0.6 is 23.4 Å². The number of nitrogens with zero attached hydrogens (tertiary/aromatic N) is 3. The van der Waals surface area contributed by atoms with Gasteiger partial charge in [-0.2, -0.15) is 0 Å². The molecule has 0 aliphatic heterocycles. The lowest BCUT2D eigenvalue weighted by Gasteiger charge is -2.08. The first kappa shape index (κ1) is 16.9. The van der Waals surface area contributed by atoms with Crippen molar-refractivity contribution >= 4 is 51.6 Å². The molecule has 1 N–H and O–H groups in total. The molecule has 0 saturated heterocycles. The zero-order chi connectivity index (χ0) is 18.3. The maximum absolute atomic E-state index is 12.3. The highest BCUT2D eigenvalue weighted by Gasteiger charge is 2.14. The SMILES string of the molecule is Cc1ccc(NC(=O)CSc2nncn3c2cc2oc(C)cc23)c(Cl)c1. The molecule has 1 aromatic carbocycles. The van der Waals surface area contributed by atoms with E-state index in [4.69, 9.17) is 16.0 Å². The van der Waals surface area contributed by atoms with Crippen molar-refractivity contribution < 1.29 is 9.21 Å². The lowest BCUT2D eigenvalue weighted by atomic mass is 10.2. The molecule has 0 spiro atoms. The molecule has 0 fully saturated rings. The zero-order valence-corrected chi connectivity index (χ0v) is 15.7. The number of hydrogen-bond donors (Lipinski definition) is 1. The minimum absolute atomic E-state index is 0.157. The number of hydrogen-bond acceptors (Lipinski definition) is 5. The second-order valence-corrected chi connectivity index (χ2v) is 7.33. The summed E-state index contributed by atoms with van der Waals surface area (Å²) in [6, 6.07) is 9.37. The van der Waals surface area contributed by atoms with Crippen LogP contribution in [0, 0.1) is 13.8 Å². The number of fused-ring (bicyclic) bond motifs is 3. The van der Waals surface area contributed by atoms with Crippen LogP contribution in [-0.2, 0) is 4.79 Å². The molecule has 4 rings (SSSR count). The number of halogens is 1. The van der Waals surface area contributed by atoms with Gasteiger partial charge in [-0.1, -0.05) is 29.4 Å². The van der Waals surface area contributed by atoms with E-state index in [1.807, 2.05) is 42.5 Å². The Kier molecular flexibility index (Phi) is 4.34. The summed E-state index contributed by atoms with van der Waals surface area (Å²) in [5.74, 6) is 0.879. The summed E-state index contributed by atoms with van der Waals surface area (Å²) in [4.78, 5) is 12.3. The molecule has 0 aliphatic rings. The van der Waals surface area contributed by atoms with Gasteiger partial charge in [-0.15, -0.1) is 10.2 Å². The Balaban J connectivity index is 1.52. The Labute approximate surface area is 158 Å². The molecule has 3 heterocycles. The summed E-state index contributed by atoms with van der Waals surface area (Å²) in [7, 11) is 0. The predicted octanol–water partition coefficient (Wildman–Crippen LogP) is 4.48. The molecule has 0 unspecified atom stereocenters. The second-order valence-electron chi connectivity index (χ2n) is 5.96. The molecule has 26 heavy (non-hydrogen) atoms. The Morgan fingerprint density at radius 2 is 2.12 bits per heavy atom. The number of furan rings is 1. The largest absolute Gasteiger partial charge is 0.460 e. The molecule has 3 aromatic heterocycles. The minimum atomic E-state index is -0.157. The van der Waals surface area contributed by atoms with Crippen molar-refractivity contribution in [3.8, 4) is 0 Å². The fourth-order valence-corrected chi connectivity index (χ4v) is 3.78. The molecular formula is C18H15ClN4O2S. The molecular weight excluding hydrogens is 372 g/mol. The Bertz CT molecular complexity index is 1140. The monoisotopic (exact) mass is 386 g/mol. The highest BCUT2D eigenvalue weighted by Crippen LogP contribution is 2.29. The van der Waals surface area contributed by atoms with Crippen molar-refractivity contribution in [1.82, 2.24) is 14.6 Å². The van der Waals surface area contributed by atoms with Crippen LogP contribution in [0.3, 0.4) is 0 Å². The highest BCUT2D eigenvalue weighted by molar-refractivity contribution is 8.00. The number of rotatable bonds is 4. The molecule has 132 valence electrons. The van der Waals surface area contributed by atoms with E-state index in [0.29, 0.717) is 15.7 Å². The van der Waals surface area contributed by atoms with Gasteiger partial charge in [0.25, 0.3) is 0 Å². The summed E-state index contributed by atoms with van der Waals surface area (Å²) < 4.78 is 7.57. The van der Waals surface area contributed by atoms with E-state index in [2.05, 4.69) is 15.5 Å². The quantitative estimate of drug-likeness (QED) is 0.523. The van der Waals surface area contributed by atoms with Crippen LogP contribution < -0.4 is 5.32 Å². The van der Waals surface area contributed by atoms with Crippen molar-refractivity contribution in [2.24, 2.45) is 0 Å². The molecule has 8 heteroatoms. The molecule has 1 amide bonds. The standard InChI is InChI=1S/C18H15ClN4O2S/c1-10-3-4-13(12(19)5-10)21-17(24)8-26-18-15-7-16-14(6-11(2)25-16)23(15)9-20-22-18/h3-7,9H,8H2,1-2H3,(H,21,24). The third-order valence-corrected chi connectivity index (χ3v) is 5.21. The number of benzene rings is 1. The van der Waals surface area contributed by atoms with Crippen molar-refractivity contribution in [3.05, 3.63) is 53.0 Å². The lowest BCUT2D eigenvalue weighted by molar-refractivity contribution is -0.113. The van der Waals surface area contributed by atoms with Gasteiger partial charge in [0, 0.05) is 12.1 Å². The van der Waals surface area contributed by atoms with Gasteiger partial charge >= 0.3 is 0 Å². The van der Waals surface area contributed by atoms with E-state index in [1.54, 1.807) is 12.4 Å². The molecule has 6 nitrogen and oxygen atoms in total. The van der Waals surface area contributed by atoms with E-state index >= 15 is 0 Å². The first-order valence-electron chi connectivity index (χ1n) is 7.93. The summed E-state index contributed by atoms with van der Waals surface area (Å²) in [5.41, 5.74) is 4.21. The predicted molar refractivity (Wildman–Crippen MR) is 103 cm³/mol. The van der Waals surface area contributed by atoms with Crippen molar-refractivity contribution in [2.75, 3.05) is 11.1 Å². The topological polar surface area (TPSA) is 72.4 Å². The van der Waals surface area contributed by atoms with Gasteiger partial charge in [0.15, 0.2) is 5.58 Å². The Morgan fingerprint density at radius 3 is 2.92 bits per heavy atom. The number of carbonyl (C=O) groups excluding carboxylic acids is 1. The fraction of sp³-hybridized carbons (Fsp3) is 0.167. The van der Waals surface area contributed by atoms with Crippen LogP contribution in [0.2, 0.25) is 5.02 Å². The van der Waals surface area contributed by atoms with E-state index in [1.165, 1.54) is 11.8 Å². The van der Waals surface area contributed by atoms with Gasteiger partial charge in [-0.3, -0.25) is 9.20 Å². The maximum atomic E-state index is 12.3. The molecule has 0 saturated carbocycles. The Morgan fingerprint density at radius 1 is 1.27 bits per heavy atom. The number of amides is 1. The Hall–Kier alpha value is -2.51. The molecule has 0 bridgehead atoms. The number of carbonyl (C=O) groups is 1. The number of anilines is 1. The summed E-state index contributed by atoms with van der Waals surface area (Å²) in [6.07, 6.45) is 1.64. The van der Waals surface area contributed by atoms with Crippen LogP contribution in [0.25, 0.3) is 16.6 Å². The van der Waals surface area contributed by atoms with Gasteiger partial charge in [-0.05, 0) is 31.5 Å². The van der Waals surface area contributed by atoms with Gasteiger partial charge in [0.1, 0.15) is 17.1 Å². The normalized spacial score (nSPS) is 11.3. The number of aryl methyl sites for hydroxylation is 2. The van der Waals surface area contributed by atoms with Crippen molar-refractivity contribution in [3.63, 3.8) is 0 Å². The molecule has 0 atom stereocenters. The minimum Gasteiger partial charge on any atom is -0.460 e. The highest BCUT2D eigenvalue weighted by atomic mass is 35.5. The summed E-state index contributed by atoms with van der Waals surface area (Å²) in [5, 5.41) is 12.2. The van der Waals surface area contributed by atoms with Crippen LogP contribution in [0.15, 0.2) is 46.1 Å². The fourth-order valence-electron chi connectivity index (χ4n) is 2.75. The van der Waals surface area contributed by atoms with Crippen molar-refractivity contribution in [2.45, 2.75) is 18.9 Å². The number of aromatic nitrogens is 3. The summed E-state index contributed by atoms with van der Waals surface area (Å²) in [6.45, 7) is 3.85. The van der Waals surface area contributed by atoms with Crippen LogP contribution in [0.5, 0.6) is 0 Å². The van der Waals surface area contributed by atoms with Crippen LogP contribution in [0.1, 0.15) is 11.3 Å².